The van der Waals surface area contributed by atoms with Crippen LogP contribution in [-0.2, 0) is 0 Å². The first-order valence-corrected chi connectivity index (χ1v) is 13.8. The van der Waals surface area contributed by atoms with E-state index in [1.807, 2.05) is 48.5 Å². The number of anilines is 1. The van der Waals surface area contributed by atoms with Crippen molar-refractivity contribution in [3.63, 3.8) is 0 Å². The molecule has 0 radical (unpaired) electrons. The van der Waals surface area contributed by atoms with Gasteiger partial charge in [0, 0.05) is 39.5 Å². The fourth-order valence-corrected chi connectivity index (χ4v) is 6.18. The van der Waals surface area contributed by atoms with Gasteiger partial charge in [-0.3, -0.25) is 10.2 Å². The van der Waals surface area contributed by atoms with Gasteiger partial charge in [-0.15, -0.1) is 0 Å². The number of halogens is 1. The number of nitrogens with zero attached hydrogens (tertiary/aromatic N) is 1. The molecule has 7 heteroatoms. The molecule has 2 aliphatic carbocycles. The van der Waals surface area contributed by atoms with Gasteiger partial charge in [0.25, 0.3) is 5.91 Å². The number of nitrogens with one attached hydrogen (secondary N) is 2. The lowest BCUT2D eigenvalue weighted by Gasteiger charge is -2.53. The monoisotopic (exact) mass is 528 g/mol. The van der Waals surface area contributed by atoms with Crippen molar-refractivity contribution in [3.8, 4) is 5.75 Å². The lowest BCUT2D eigenvalue weighted by atomic mass is 9.78. The van der Waals surface area contributed by atoms with Gasteiger partial charge in [0.05, 0.1) is 11.8 Å². The van der Waals surface area contributed by atoms with Gasteiger partial charge in [-0.25, -0.2) is 0 Å². The highest BCUT2D eigenvalue weighted by atomic mass is 35.5. The number of hydrogen-bond donors (Lipinski definition) is 3. The van der Waals surface area contributed by atoms with Crippen LogP contribution in [-0.4, -0.2) is 41.8 Å². The van der Waals surface area contributed by atoms with Gasteiger partial charge in [-0.1, -0.05) is 29.8 Å². The third-order valence-corrected chi connectivity index (χ3v) is 8.76. The van der Waals surface area contributed by atoms with Crippen molar-refractivity contribution in [2.24, 2.45) is 5.92 Å². The minimum Gasteiger partial charge on any atom is -0.490 e. The van der Waals surface area contributed by atoms with E-state index in [-0.39, 0.29) is 23.8 Å². The van der Waals surface area contributed by atoms with Crippen molar-refractivity contribution in [1.29, 1.82) is 5.41 Å². The maximum absolute atomic E-state index is 13.3. The van der Waals surface area contributed by atoms with Crippen LogP contribution in [0.1, 0.15) is 65.2 Å². The summed E-state index contributed by atoms with van der Waals surface area (Å²) in [6.07, 6.45) is 5.78. The maximum Gasteiger partial charge on any atom is 0.251 e. The Bertz CT molecular complexity index is 1360. The van der Waals surface area contributed by atoms with Crippen LogP contribution < -0.4 is 15.8 Å². The van der Waals surface area contributed by atoms with E-state index in [1.54, 1.807) is 18.2 Å². The molecule has 196 valence electrons. The number of rotatable bonds is 8. The first kappa shape index (κ1) is 25.0. The average Bonchev–Trinajstić information content (AvgIpc) is 3.78. The number of benzene rings is 3. The van der Waals surface area contributed by atoms with Gasteiger partial charge in [-0.2, -0.15) is 0 Å². The van der Waals surface area contributed by atoms with Gasteiger partial charge in [0.1, 0.15) is 11.9 Å². The Morgan fingerprint density at radius 2 is 1.71 bits per heavy atom. The summed E-state index contributed by atoms with van der Waals surface area (Å²) >= 11 is 6.45. The fourth-order valence-electron chi connectivity index (χ4n) is 5.92. The molecule has 4 aliphatic rings. The molecule has 6 nitrogen and oxygen atoms in total. The molecular weight excluding hydrogens is 496 g/mol. The molecule has 3 unspecified atom stereocenters. The molecule has 4 N–H and O–H groups in total. The van der Waals surface area contributed by atoms with E-state index in [0.29, 0.717) is 39.8 Å². The first-order chi connectivity index (χ1) is 18.4. The lowest BCUT2D eigenvalue weighted by molar-refractivity contribution is -0.0559. The van der Waals surface area contributed by atoms with Gasteiger partial charge in [0.2, 0.25) is 0 Å². The second-order valence-corrected chi connectivity index (χ2v) is 11.3. The third kappa shape index (κ3) is 4.91. The summed E-state index contributed by atoms with van der Waals surface area (Å²) in [7, 11) is 2.20. The zero-order chi connectivity index (χ0) is 26.4. The summed E-state index contributed by atoms with van der Waals surface area (Å²) in [4.78, 5) is 15.7. The summed E-state index contributed by atoms with van der Waals surface area (Å²) in [5.41, 5.74) is 9.65. The maximum atomic E-state index is 13.3. The van der Waals surface area contributed by atoms with E-state index >= 15 is 0 Å². The van der Waals surface area contributed by atoms with Crippen molar-refractivity contribution in [2.75, 3.05) is 12.8 Å². The van der Waals surface area contributed by atoms with Crippen molar-refractivity contribution in [2.45, 2.75) is 56.3 Å². The van der Waals surface area contributed by atoms with Gasteiger partial charge >= 0.3 is 0 Å². The number of carbonyl (C=O) groups is 1. The Morgan fingerprint density at radius 3 is 2.37 bits per heavy atom. The molecule has 3 atom stereocenters. The van der Waals surface area contributed by atoms with E-state index in [4.69, 9.17) is 27.5 Å². The zero-order valence-corrected chi connectivity index (χ0v) is 22.2. The predicted octanol–water partition coefficient (Wildman–Crippen LogP) is 5.83. The van der Waals surface area contributed by atoms with E-state index in [9.17, 15) is 4.79 Å². The van der Waals surface area contributed by atoms with Crippen molar-refractivity contribution in [3.05, 3.63) is 94.0 Å². The van der Waals surface area contributed by atoms with E-state index in [2.05, 4.69) is 17.3 Å². The van der Waals surface area contributed by atoms with Crippen molar-refractivity contribution in [1.82, 2.24) is 10.2 Å². The molecule has 3 aromatic carbocycles. The Hall–Kier alpha value is -3.35. The standard InChI is InChI=1S/C31H33ClN4O2/c1-36-21-15-22(36)17-24(16-21)38-23-11-8-18(9-12-23)29(34)26-14-20(10-13-28(26)33)31(37)35-30(19-6-7-19)25-4-2-3-5-27(25)32/h2-5,8-14,19,21-22,24,30,34H,6-7,15-17,33H2,1H3,(H,35,37). The van der Waals surface area contributed by atoms with Gasteiger partial charge in [-0.05, 0) is 99.2 Å². The third-order valence-electron chi connectivity index (χ3n) is 8.42. The summed E-state index contributed by atoms with van der Waals surface area (Å²) in [6.45, 7) is 0. The molecule has 2 saturated carbocycles. The number of ether oxygens (including phenoxy) is 1. The summed E-state index contributed by atoms with van der Waals surface area (Å²) in [6, 6.07) is 21.5. The Balaban J connectivity index is 1.15. The number of nitrogen functional groups attached to an aromatic ring is 1. The SMILES string of the molecule is CN1C2CC(Oc3ccc(C(=N)c4cc(C(=O)NC(c5ccccc5Cl)C5CC5)ccc4N)cc3)CC1C2. The van der Waals surface area contributed by atoms with E-state index in [1.165, 1.54) is 6.42 Å². The molecule has 2 heterocycles. The molecule has 2 saturated heterocycles. The predicted molar refractivity (Wildman–Crippen MR) is 151 cm³/mol. The number of fused-ring (bicyclic) bond motifs is 2. The molecule has 38 heavy (non-hydrogen) atoms. The molecule has 7 rings (SSSR count). The molecule has 0 spiro atoms. The average molecular weight is 529 g/mol. The van der Waals surface area contributed by atoms with Gasteiger partial charge < -0.3 is 20.7 Å². The van der Waals surface area contributed by atoms with Crippen LogP contribution in [0, 0.1) is 11.3 Å². The van der Waals surface area contributed by atoms with Crippen LogP contribution >= 0.6 is 11.6 Å². The zero-order valence-electron chi connectivity index (χ0n) is 21.5. The van der Waals surface area contributed by atoms with Crippen molar-refractivity contribution >= 4 is 28.9 Å². The molecule has 4 fully saturated rings. The molecule has 1 amide bonds. The number of amides is 1. The minimum atomic E-state index is -0.198. The Kier molecular flexibility index (Phi) is 6.62. The molecule has 3 aromatic rings. The highest BCUT2D eigenvalue weighted by Crippen LogP contribution is 2.43. The Morgan fingerprint density at radius 1 is 1.03 bits per heavy atom. The van der Waals surface area contributed by atoms with E-state index < -0.39 is 0 Å². The van der Waals surface area contributed by atoms with Gasteiger partial charge in [0.15, 0.2) is 0 Å². The second-order valence-electron chi connectivity index (χ2n) is 10.9. The van der Waals surface area contributed by atoms with E-state index in [0.717, 1.165) is 42.6 Å². The summed E-state index contributed by atoms with van der Waals surface area (Å²) in [5, 5.41) is 12.7. The lowest BCUT2D eigenvalue weighted by Crippen LogP contribution is -2.60. The van der Waals surface area contributed by atoms with Crippen LogP contribution in [0.4, 0.5) is 5.69 Å². The minimum absolute atomic E-state index is 0.139. The number of hydrogen-bond acceptors (Lipinski definition) is 5. The van der Waals surface area contributed by atoms with Crippen LogP contribution in [0.5, 0.6) is 5.75 Å². The summed E-state index contributed by atoms with van der Waals surface area (Å²) < 4.78 is 6.24. The highest BCUT2D eigenvalue weighted by Gasteiger charge is 2.43. The van der Waals surface area contributed by atoms with Crippen LogP contribution in [0.15, 0.2) is 66.7 Å². The first-order valence-electron chi connectivity index (χ1n) is 13.4. The van der Waals surface area contributed by atoms with Crippen molar-refractivity contribution < 1.29 is 9.53 Å². The number of nitrogens with two attached hydrogens (primary N) is 1. The normalized spacial score (nSPS) is 23.3. The number of piperidine rings is 1. The largest absolute Gasteiger partial charge is 0.490 e. The summed E-state index contributed by atoms with van der Waals surface area (Å²) in [5.74, 6) is 1.00. The fraction of sp³-hybridized carbons (Fsp3) is 0.355. The van der Waals surface area contributed by atoms with Crippen LogP contribution in [0.25, 0.3) is 0 Å². The molecule has 0 aromatic heterocycles. The highest BCUT2D eigenvalue weighted by molar-refractivity contribution is 6.31. The molecule has 2 aliphatic heterocycles. The quantitative estimate of drug-likeness (QED) is 0.253. The van der Waals surface area contributed by atoms with Crippen LogP contribution in [0.3, 0.4) is 0 Å². The molecular formula is C31H33ClN4O2. The van der Waals surface area contributed by atoms with Crippen LogP contribution in [0.2, 0.25) is 5.02 Å². The topological polar surface area (TPSA) is 91.4 Å². The Labute approximate surface area is 228 Å². The number of carbonyl (C=O) groups excluding carboxylic acids is 1. The second kappa shape index (κ2) is 10.1. The molecule has 2 bridgehead atoms. The smallest absolute Gasteiger partial charge is 0.251 e.